The first-order valence-electron chi connectivity index (χ1n) is 4.17. The van der Waals surface area contributed by atoms with Crippen LogP contribution >= 0.6 is 0 Å². The fraction of sp³-hybridized carbons (Fsp3) is 0.875. The van der Waals surface area contributed by atoms with E-state index < -0.39 is 12.1 Å². The molecule has 0 radical (unpaired) electrons. The van der Waals surface area contributed by atoms with Crippen molar-refractivity contribution in [2.24, 2.45) is 5.92 Å². The molecule has 0 amide bonds. The molecule has 1 heterocycles. The standard InChI is InChI=1S/C8H14O5/c1-11-8(10)7(9)6-4-12-2-3-13-5-6/h6-7,9H,2-5H2,1H3. The van der Waals surface area contributed by atoms with Gasteiger partial charge in [-0.1, -0.05) is 0 Å². The maximum Gasteiger partial charge on any atom is 0.335 e. The summed E-state index contributed by atoms with van der Waals surface area (Å²) in [6, 6.07) is 0. The van der Waals surface area contributed by atoms with Crippen molar-refractivity contribution < 1.29 is 24.1 Å². The lowest BCUT2D eigenvalue weighted by Crippen LogP contribution is -2.35. The van der Waals surface area contributed by atoms with Gasteiger partial charge < -0.3 is 19.3 Å². The largest absolute Gasteiger partial charge is 0.467 e. The van der Waals surface area contributed by atoms with Gasteiger partial charge in [-0.2, -0.15) is 0 Å². The van der Waals surface area contributed by atoms with E-state index in [-0.39, 0.29) is 5.92 Å². The first-order chi connectivity index (χ1) is 6.25. The Hall–Kier alpha value is -0.650. The number of aliphatic hydroxyl groups is 1. The van der Waals surface area contributed by atoms with Gasteiger partial charge in [0, 0.05) is 5.92 Å². The van der Waals surface area contributed by atoms with Crippen molar-refractivity contribution >= 4 is 5.97 Å². The molecule has 1 N–H and O–H groups in total. The Balaban J connectivity index is 2.43. The van der Waals surface area contributed by atoms with E-state index in [0.29, 0.717) is 26.4 Å². The van der Waals surface area contributed by atoms with Crippen molar-refractivity contribution in [2.75, 3.05) is 33.5 Å². The smallest absolute Gasteiger partial charge is 0.335 e. The summed E-state index contributed by atoms with van der Waals surface area (Å²) in [5.41, 5.74) is 0. The van der Waals surface area contributed by atoms with Crippen LogP contribution in [0.3, 0.4) is 0 Å². The molecule has 0 saturated carbocycles. The highest BCUT2D eigenvalue weighted by atomic mass is 16.5. The molecule has 1 rings (SSSR count). The highest BCUT2D eigenvalue weighted by Gasteiger charge is 2.28. The van der Waals surface area contributed by atoms with Crippen molar-refractivity contribution in [3.8, 4) is 0 Å². The van der Waals surface area contributed by atoms with E-state index in [1.165, 1.54) is 7.11 Å². The van der Waals surface area contributed by atoms with Crippen molar-refractivity contribution in [1.82, 2.24) is 0 Å². The minimum Gasteiger partial charge on any atom is -0.467 e. The fourth-order valence-electron chi connectivity index (χ4n) is 1.13. The Bertz CT molecular complexity index is 162. The van der Waals surface area contributed by atoms with Crippen LogP contribution in [0.4, 0.5) is 0 Å². The molecule has 0 aromatic carbocycles. The Morgan fingerprint density at radius 2 is 2.00 bits per heavy atom. The Morgan fingerprint density at radius 3 is 2.46 bits per heavy atom. The van der Waals surface area contributed by atoms with Crippen LogP contribution in [-0.2, 0) is 19.0 Å². The zero-order chi connectivity index (χ0) is 9.68. The summed E-state index contributed by atoms with van der Waals surface area (Å²) < 4.78 is 14.7. The summed E-state index contributed by atoms with van der Waals surface area (Å²) >= 11 is 0. The van der Waals surface area contributed by atoms with Crippen LogP contribution in [-0.4, -0.2) is 50.7 Å². The van der Waals surface area contributed by atoms with Crippen molar-refractivity contribution in [3.63, 3.8) is 0 Å². The van der Waals surface area contributed by atoms with Gasteiger partial charge >= 0.3 is 5.97 Å². The molecule has 1 unspecified atom stereocenters. The van der Waals surface area contributed by atoms with Crippen LogP contribution in [0, 0.1) is 5.92 Å². The molecule has 5 nitrogen and oxygen atoms in total. The van der Waals surface area contributed by atoms with Crippen LogP contribution in [0.25, 0.3) is 0 Å². The zero-order valence-electron chi connectivity index (χ0n) is 7.56. The van der Waals surface area contributed by atoms with E-state index in [1.54, 1.807) is 0 Å². The van der Waals surface area contributed by atoms with E-state index in [2.05, 4.69) is 4.74 Å². The van der Waals surface area contributed by atoms with E-state index in [9.17, 15) is 9.90 Å². The molecular formula is C8H14O5. The Kier molecular flexibility index (Phi) is 4.14. The second kappa shape index (κ2) is 5.16. The number of ether oxygens (including phenoxy) is 3. The second-order valence-electron chi connectivity index (χ2n) is 2.88. The predicted octanol–water partition coefficient (Wildman–Crippen LogP) is -0.817. The first kappa shape index (κ1) is 10.4. The van der Waals surface area contributed by atoms with Crippen molar-refractivity contribution in [3.05, 3.63) is 0 Å². The molecule has 76 valence electrons. The third kappa shape index (κ3) is 2.95. The SMILES string of the molecule is COC(=O)C(O)C1COCCOC1. The van der Waals surface area contributed by atoms with E-state index in [4.69, 9.17) is 9.47 Å². The first-order valence-corrected chi connectivity index (χ1v) is 4.17. The minimum absolute atomic E-state index is 0.324. The van der Waals surface area contributed by atoms with Gasteiger partial charge in [-0.3, -0.25) is 0 Å². The Labute approximate surface area is 76.6 Å². The van der Waals surface area contributed by atoms with Gasteiger partial charge in [-0.15, -0.1) is 0 Å². The van der Waals surface area contributed by atoms with Crippen LogP contribution < -0.4 is 0 Å². The van der Waals surface area contributed by atoms with Crippen LogP contribution in [0.15, 0.2) is 0 Å². The summed E-state index contributed by atoms with van der Waals surface area (Å²) in [6.45, 7) is 1.67. The zero-order valence-corrected chi connectivity index (χ0v) is 7.56. The predicted molar refractivity (Wildman–Crippen MR) is 43.2 cm³/mol. The second-order valence-corrected chi connectivity index (χ2v) is 2.88. The summed E-state index contributed by atoms with van der Waals surface area (Å²) in [7, 11) is 1.24. The van der Waals surface area contributed by atoms with Gasteiger partial charge in [0.1, 0.15) is 0 Å². The van der Waals surface area contributed by atoms with E-state index in [1.807, 2.05) is 0 Å². The number of hydrogen-bond donors (Lipinski definition) is 1. The lowest BCUT2D eigenvalue weighted by molar-refractivity contribution is -0.155. The lowest BCUT2D eigenvalue weighted by Gasteiger charge is -2.17. The maximum absolute atomic E-state index is 10.9. The Morgan fingerprint density at radius 1 is 1.46 bits per heavy atom. The molecule has 0 aromatic heterocycles. The molecule has 0 aromatic rings. The van der Waals surface area contributed by atoms with Gasteiger partial charge in [-0.05, 0) is 0 Å². The van der Waals surface area contributed by atoms with Crippen LogP contribution in [0.5, 0.6) is 0 Å². The summed E-state index contributed by atoms with van der Waals surface area (Å²) in [5.74, 6) is -0.964. The monoisotopic (exact) mass is 190 g/mol. The average Bonchev–Trinajstić information content (AvgIpc) is 2.43. The van der Waals surface area contributed by atoms with Crippen LogP contribution in [0.1, 0.15) is 0 Å². The number of hydrogen-bond acceptors (Lipinski definition) is 5. The third-order valence-electron chi connectivity index (χ3n) is 1.93. The third-order valence-corrected chi connectivity index (χ3v) is 1.93. The number of carbonyl (C=O) groups is 1. The molecule has 0 aliphatic carbocycles. The lowest BCUT2D eigenvalue weighted by atomic mass is 10.1. The number of carbonyl (C=O) groups excluding carboxylic acids is 1. The highest BCUT2D eigenvalue weighted by molar-refractivity contribution is 5.74. The van der Waals surface area contributed by atoms with Gasteiger partial charge in [0.2, 0.25) is 0 Å². The van der Waals surface area contributed by atoms with Gasteiger partial charge in [0.25, 0.3) is 0 Å². The maximum atomic E-state index is 10.9. The molecule has 1 saturated heterocycles. The molecular weight excluding hydrogens is 176 g/mol. The van der Waals surface area contributed by atoms with Crippen LogP contribution in [0.2, 0.25) is 0 Å². The molecule has 1 fully saturated rings. The fourth-order valence-corrected chi connectivity index (χ4v) is 1.13. The quantitative estimate of drug-likeness (QED) is 0.576. The molecule has 5 heteroatoms. The molecule has 1 aliphatic rings. The summed E-state index contributed by atoms with van der Waals surface area (Å²) in [5, 5.41) is 9.43. The summed E-state index contributed by atoms with van der Waals surface area (Å²) in [6.07, 6.45) is -1.15. The number of esters is 1. The minimum atomic E-state index is -1.15. The molecule has 13 heavy (non-hydrogen) atoms. The highest BCUT2D eigenvalue weighted by Crippen LogP contribution is 2.09. The number of rotatable bonds is 2. The average molecular weight is 190 g/mol. The number of aliphatic hydroxyl groups excluding tert-OH is 1. The van der Waals surface area contributed by atoms with Gasteiger partial charge in [0.05, 0.1) is 33.5 Å². The normalized spacial score (nSPS) is 22.0. The topological polar surface area (TPSA) is 65.0 Å². The summed E-state index contributed by atoms with van der Waals surface area (Å²) in [4.78, 5) is 10.9. The van der Waals surface area contributed by atoms with Gasteiger partial charge in [-0.25, -0.2) is 4.79 Å². The van der Waals surface area contributed by atoms with E-state index >= 15 is 0 Å². The molecule has 1 aliphatic heterocycles. The van der Waals surface area contributed by atoms with Crippen molar-refractivity contribution in [1.29, 1.82) is 0 Å². The number of methoxy groups -OCH3 is 1. The molecule has 0 bridgehead atoms. The molecule has 0 spiro atoms. The molecule has 1 atom stereocenters. The van der Waals surface area contributed by atoms with E-state index in [0.717, 1.165) is 0 Å². The van der Waals surface area contributed by atoms with Gasteiger partial charge in [0.15, 0.2) is 6.10 Å². The van der Waals surface area contributed by atoms with Crippen molar-refractivity contribution in [2.45, 2.75) is 6.10 Å².